The standard InChI is InChI=1S/C11H12ClFO3/c1-2-9(11(15)16)10(14)6-3-7(12)5-8(13)4-6/h3-5,9-10,14H,2H2,1H3,(H,15,16). The summed E-state index contributed by atoms with van der Waals surface area (Å²) in [4.78, 5) is 10.8. The molecule has 2 N–H and O–H groups in total. The molecule has 0 heterocycles. The van der Waals surface area contributed by atoms with Gasteiger partial charge in [0.25, 0.3) is 0 Å². The molecule has 0 bridgehead atoms. The predicted octanol–water partition coefficient (Wildman–Crippen LogP) is 2.62. The Morgan fingerprint density at radius 1 is 1.50 bits per heavy atom. The number of carboxylic acid groups (broad SMARTS) is 1. The average Bonchev–Trinajstić information content (AvgIpc) is 2.16. The summed E-state index contributed by atoms with van der Waals surface area (Å²) >= 11 is 5.62. The van der Waals surface area contributed by atoms with E-state index in [1.165, 1.54) is 6.07 Å². The van der Waals surface area contributed by atoms with Gasteiger partial charge in [0, 0.05) is 5.02 Å². The summed E-state index contributed by atoms with van der Waals surface area (Å²) < 4.78 is 13.0. The lowest BCUT2D eigenvalue weighted by atomic mass is 9.93. The van der Waals surface area contributed by atoms with E-state index in [1.54, 1.807) is 6.92 Å². The van der Waals surface area contributed by atoms with Crippen LogP contribution in [0.4, 0.5) is 4.39 Å². The van der Waals surface area contributed by atoms with Crippen molar-refractivity contribution in [2.45, 2.75) is 19.4 Å². The average molecular weight is 247 g/mol. The van der Waals surface area contributed by atoms with Gasteiger partial charge in [0.2, 0.25) is 0 Å². The van der Waals surface area contributed by atoms with Crippen molar-refractivity contribution in [1.82, 2.24) is 0 Å². The zero-order valence-electron chi connectivity index (χ0n) is 8.65. The number of halogens is 2. The van der Waals surface area contributed by atoms with Gasteiger partial charge < -0.3 is 10.2 Å². The second-order valence-corrected chi connectivity index (χ2v) is 3.94. The van der Waals surface area contributed by atoms with Crippen LogP contribution in [0.15, 0.2) is 18.2 Å². The van der Waals surface area contributed by atoms with Gasteiger partial charge in [0.15, 0.2) is 0 Å². The maximum atomic E-state index is 13.0. The largest absolute Gasteiger partial charge is 0.481 e. The molecule has 0 saturated carbocycles. The number of hydrogen-bond donors (Lipinski definition) is 2. The molecule has 0 aliphatic heterocycles. The maximum Gasteiger partial charge on any atom is 0.309 e. The number of aliphatic hydroxyl groups is 1. The number of benzene rings is 1. The molecule has 0 aliphatic carbocycles. The van der Waals surface area contributed by atoms with Crippen LogP contribution in [0.2, 0.25) is 5.02 Å². The molecule has 16 heavy (non-hydrogen) atoms. The molecule has 2 unspecified atom stereocenters. The first kappa shape index (κ1) is 12.9. The van der Waals surface area contributed by atoms with Crippen molar-refractivity contribution < 1.29 is 19.4 Å². The second-order valence-electron chi connectivity index (χ2n) is 3.50. The lowest BCUT2D eigenvalue weighted by molar-refractivity contribution is -0.146. The third kappa shape index (κ3) is 2.93. The van der Waals surface area contributed by atoms with E-state index in [2.05, 4.69) is 0 Å². The van der Waals surface area contributed by atoms with E-state index >= 15 is 0 Å². The van der Waals surface area contributed by atoms with E-state index in [0.717, 1.165) is 12.1 Å². The molecule has 0 radical (unpaired) electrons. The molecule has 0 amide bonds. The normalized spacial score (nSPS) is 14.5. The zero-order chi connectivity index (χ0) is 12.3. The summed E-state index contributed by atoms with van der Waals surface area (Å²) in [5.74, 6) is -2.67. The number of carboxylic acids is 1. The van der Waals surface area contributed by atoms with Crippen LogP contribution in [0, 0.1) is 11.7 Å². The third-order valence-electron chi connectivity index (χ3n) is 2.36. The van der Waals surface area contributed by atoms with E-state index in [1.807, 2.05) is 0 Å². The Morgan fingerprint density at radius 3 is 2.56 bits per heavy atom. The van der Waals surface area contributed by atoms with Crippen molar-refractivity contribution >= 4 is 17.6 Å². The Kier molecular flexibility index (Phi) is 4.26. The fourth-order valence-corrected chi connectivity index (χ4v) is 1.74. The van der Waals surface area contributed by atoms with Crippen LogP contribution in [0.25, 0.3) is 0 Å². The molecule has 2 atom stereocenters. The molecule has 1 rings (SSSR count). The summed E-state index contributed by atoms with van der Waals surface area (Å²) in [5.41, 5.74) is 0.180. The molecule has 1 aromatic rings. The summed E-state index contributed by atoms with van der Waals surface area (Å²) in [6.45, 7) is 1.64. The van der Waals surface area contributed by atoms with Crippen molar-refractivity contribution in [2.75, 3.05) is 0 Å². The summed E-state index contributed by atoms with van der Waals surface area (Å²) in [6.07, 6.45) is -0.999. The highest BCUT2D eigenvalue weighted by Gasteiger charge is 2.26. The first-order chi connectivity index (χ1) is 7.45. The molecule has 3 nitrogen and oxygen atoms in total. The number of rotatable bonds is 4. The summed E-state index contributed by atoms with van der Waals surface area (Å²) in [5, 5.41) is 18.8. The number of aliphatic hydroxyl groups excluding tert-OH is 1. The Labute approximate surface area is 97.5 Å². The molecule has 88 valence electrons. The minimum atomic E-state index is -1.25. The van der Waals surface area contributed by atoms with Gasteiger partial charge in [-0.1, -0.05) is 18.5 Å². The SMILES string of the molecule is CCC(C(=O)O)C(O)c1cc(F)cc(Cl)c1. The molecular weight excluding hydrogens is 235 g/mol. The van der Waals surface area contributed by atoms with Crippen molar-refractivity contribution in [2.24, 2.45) is 5.92 Å². The molecule has 0 aromatic heterocycles. The van der Waals surface area contributed by atoms with Crippen molar-refractivity contribution in [1.29, 1.82) is 0 Å². The van der Waals surface area contributed by atoms with E-state index in [0.29, 0.717) is 0 Å². The molecule has 0 saturated heterocycles. The minimum absolute atomic E-state index is 0.134. The van der Waals surface area contributed by atoms with Gasteiger partial charge in [-0.3, -0.25) is 4.79 Å². The molecule has 5 heteroatoms. The monoisotopic (exact) mass is 246 g/mol. The zero-order valence-corrected chi connectivity index (χ0v) is 9.41. The van der Waals surface area contributed by atoms with E-state index in [4.69, 9.17) is 16.7 Å². The van der Waals surface area contributed by atoms with Crippen LogP contribution in [0.3, 0.4) is 0 Å². The van der Waals surface area contributed by atoms with Crippen molar-refractivity contribution in [3.63, 3.8) is 0 Å². The van der Waals surface area contributed by atoms with Gasteiger partial charge in [0.1, 0.15) is 5.82 Å². The first-order valence-electron chi connectivity index (χ1n) is 4.82. The van der Waals surface area contributed by atoms with E-state index in [-0.39, 0.29) is 17.0 Å². The Balaban J connectivity index is 3.02. The summed E-state index contributed by atoms with van der Waals surface area (Å²) in [6, 6.07) is 3.54. The van der Waals surface area contributed by atoms with Crippen LogP contribution in [0.5, 0.6) is 0 Å². The second kappa shape index (κ2) is 5.27. The molecule has 0 spiro atoms. The van der Waals surface area contributed by atoms with Crippen LogP contribution in [-0.2, 0) is 4.79 Å². The van der Waals surface area contributed by atoms with E-state index in [9.17, 15) is 14.3 Å². The van der Waals surface area contributed by atoms with Gasteiger partial charge in [-0.15, -0.1) is 0 Å². The Bertz CT molecular complexity index is 375. The smallest absolute Gasteiger partial charge is 0.309 e. The van der Waals surface area contributed by atoms with Crippen molar-refractivity contribution in [3.8, 4) is 0 Å². The number of carbonyl (C=O) groups is 1. The highest BCUT2D eigenvalue weighted by atomic mass is 35.5. The van der Waals surface area contributed by atoms with Gasteiger partial charge in [-0.25, -0.2) is 4.39 Å². The van der Waals surface area contributed by atoms with E-state index < -0.39 is 23.8 Å². The van der Waals surface area contributed by atoms with Crippen molar-refractivity contribution in [3.05, 3.63) is 34.6 Å². The van der Waals surface area contributed by atoms with Crippen LogP contribution < -0.4 is 0 Å². The van der Waals surface area contributed by atoms with Crippen LogP contribution >= 0.6 is 11.6 Å². The van der Waals surface area contributed by atoms with Gasteiger partial charge in [0.05, 0.1) is 12.0 Å². The molecular formula is C11H12ClFO3. The summed E-state index contributed by atoms with van der Waals surface area (Å²) in [7, 11) is 0. The fraction of sp³-hybridized carbons (Fsp3) is 0.364. The number of aliphatic carboxylic acids is 1. The molecule has 0 fully saturated rings. The topological polar surface area (TPSA) is 57.5 Å². The molecule has 1 aromatic carbocycles. The quantitative estimate of drug-likeness (QED) is 0.859. The maximum absolute atomic E-state index is 13.0. The van der Waals surface area contributed by atoms with Gasteiger partial charge in [-0.2, -0.15) is 0 Å². The van der Waals surface area contributed by atoms with Crippen LogP contribution in [0.1, 0.15) is 25.0 Å². The highest BCUT2D eigenvalue weighted by molar-refractivity contribution is 6.30. The van der Waals surface area contributed by atoms with Crippen LogP contribution in [-0.4, -0.2) is 16.2 Å². The highest BCUT2D eigenvalue weighted by Crippen LogP contribution is 2.27. The first-order valence-corrected chi connectivity index (χ1v) is 5.20. The van der Waals surface area contributed by atoms with Gasteiger partial charge in [-0.05, 0) is 30.2 Å². The molecule has 0 aliphatic rings. The Hall–Kier alpha value is -1.13. The van der Waals surface area contributed by atoms with Gasteiger partial charge >= 0.3 is 5.97 Å². The fourth-order valence-electron chi connectivity index (χ4n) is 1.51. The lowest BCUT2D eigenvalue weighted by Gasteiger charge is -2.18. The Morgan fingerprint density at radius 2 is 2.12 bits per heavy atom. The predicted molar refractivity (Wildman–Crippen MR) is 57.8 cm³/mol. The third-order valence-corrected chi connectivity index (χ3v) is 2.58. The lowest BCUT2D eigenvalue weighted by Crippen LogP contribution is -2.21. The minimum Gasteiger partial charge on any atom is -0.481 e. The number of hydrogen-bond acceptors (Lipinski definition) is 2.